The van der Waals surface area contributed by atoms with E-state index in [1.807, 2.05) is 24.4 Å². The number of carbonyl (C=O) groups is 1. The summed E-state index contributed by atoms with van der Waals surface area (Å²) in [5, 5.41) is 5.31. The Morgan fingerprint density at radius 1 is 1.12 bits per heavy atom. The van der Waals surface area contributed by atoms with Crippen molar-refractivity contribution in [2.75, 3.05) is 0 Å². The lowest BCUT2D eigenvalue weighted by Gasteiger charge is -2.20. The van der Waals surface area contributed by atoms with Crippen molar-refractivity contribution in [1.29, 1.82) is 0 Å². The van der Waals surface area contributed by atoms with Crippen LogP contribution in [0.15, 0.2) is 41.9 Å². The Morgan fingerprint density at radius 2 is 1.85 bits per heavy atom. The predicted molar refractivity (Wildman–Crippen MR) is 106 cm³/mol. The quantitative estimate of drug-likeness (QED) is 0.717. The molecule has 136 valence electrons. The molecule has 4 nitrogen and oxygen atoms in total. The molecule has 4 rings (SSSR count). The Kier molecular flexibility index (Phi) is 5.34. The van der Waals surface area contributed by atoms with Gasteiger partial charge in [0.25, 0.3) is 0 Å². The van der Waals surface area contributed by atoms with E-state index in [2.05, 4.69) is 27.2 Å². The van der Waals surface area contributed by atoms with E-state index < -0.39 is 0 Å². The van der Waals surface area contributed by atoms with Crippen LogP contribution in [0.3, 0.4) is 0 Å². The van der Waals surface area contributed by atoms with Crippen molar-refractivity contribution in [3.63, 3.8) is 0 Å². The van der Waals surface area contributed by atoms with E-state index in [0.29, 0.717) is 12.5 Å². The molecule has 26 heavy (non-hydrogen) atoms. The van der Waals surface area contributed by atoms with Crippen molar-refractivity contribution < 1.29 is 4.79 Å². The Balaban J connectivity index is 1.45. The summed E-state index contributed by atoms with van der Waals surface area (Å²) < 4.78 is 2.06. The van der Waals surface area contributed by atoms with Gasteiger partial charge in [0.15, 0.2) is 4.96 Å². The van der Waals surface area contributed by atoms with Crippen LogP contribution in [0.4, 0.5) is 0 Å². The number of nitrogens with zero attached hydrogens (tertiary/aromatic N) is 2. The summed E-state index contributed by atoms with van der Waals surface area (Å²) in [4.78, 5) is 18.2. The molecular weight excluding hydrogens is 342 g/mol. The number of amides is 1. The fourth-order valence-corrected chi connectivity index (χ4v) is 4.62. The Labute approximate surface area is 158 Å². The molecule has 5 heteroatoms. The second-order valence-electron chi connectivity index (χ2n) is 7.16. The zero-order valence-electron chi connectivity index (χ0n) is 15.0. The van der Waals surface area contributed by atoms with Crippen molar-refractivity contribution in [2.45, 2.75) is 57.4 Å². The van der Waals surface area contributed by atoms with Gasteiger partial charge < -0.3 is 5.32 Å². The lowest BCUT2D eigenvalue weighted by atomic mass is 9.96. The third-order valence-electron chi connectivity index (χ3n) is 5.16. The summed E-state index contributed by atoms with van der Waals surface area (Å²) in [7, 11) is 0. The van der Waals surface area contributed by atoms with Crippen LogP contribution in [-0.4, -0.2) is 21.3 Å². The van der Waals surface area contributed by atoms with Gasteiger partial charge in [0.1, 0.15) is 0 Å². The highest BCUT2D eigenvalue weighted by Gasteiger charge is 2.16. The first-order valence-corrected chi connectivity index (χ1v) is 10.5. The standard InChI is InChI=1S/C21H25N3OS/c25-20(22-17-11-7-2-1-3-8-12-17)13-18-15-26-21-23-19(14-24(18)21)16-9-5-4-6-10-16/h4-6,9-10,14-15,17H,1-3,7-8,11-13H2,(H,22,25). The molecule has 1 N–H and O–H groups in total. The van der Waals surface area contributed by atoms with Gasteiger partial charge in [-0.3, -0.25) is 9.20 Å². The van der Waals surface area contributed by atoms with E-state index in [1.54, 1.807) is 11.3 Å². The van der Waals surface area contributed by atoms with Crippen LogP contribution in [0.5, 0.6) is 0 Å². The Morgan fingerprint density at radius 3 is 2.62 bits per heavy atom. The maximum absolute atomic E-state index is 12.6. The number of benzene rings is 1. The molecule has 1 saturated carbocycles. The molecule has 1 aliphatic rings. The highest BCUT2D eigenvalue weighted by molar-refractivity contribution is 7.15. The van der Waals surface area contributed by atoms with Crippen LogP contribution < -0.4 is 5.32 Å². The molecule has 0 radical (unpaired) electrons. The maximum atomic E-state index is 12.6. The molecule has 1 amide bonds. The fraction of sp³-hybridized carbons (Fsp3) is 0.429. The number of imidazole rings is 1. The van der Waals surface area contributed by atoms with E-state index in [0.717, 1.165) is 34.8 Å². The van der Waals surface area contributed by atoms with E-state index in [4.69, 9.17) is 4.98 Å². The second kappa shape index (κ2) is 8.04. The normalized spacial score (nSPS) is 16.3. The maximum Gasteiger partial charge on any atom is 0.226 e. The molecule has 3 aromatic rings. The van der Waals surface area contributed by atoms with Crippen LogP contribution >= 0.6 is 11.3 Å². The molecular formula is C21H25N3OS. The van der Waals surface area contributed by atoms with Gasteiger partial charge in [0.05, 0.1) is 12.1 Å². The molecule has 0 unspecified atom stereocenters. The first kappa shape index (κ1) is 17.3. The Hall–Kier alpha value is -2.14. The van der Waals surface area contributed by atoms with Gasteiger partial charge in [-0.1, -0.05) is 62.4 Å². The SMILES string of the molecule is O=C(Cc1csc2nc(-c3ccccc3)cn12)NC1CCCCCCC1. The monoisotopic (exact) mass is 367 g/mol. The average Bonchev–Trinajstić information content (AvgIpc) is 3.20. The molecule has 1 aromatic carbocycles. The van der Waals surface area contributed by atoms with Gasteiger partial charge >= 0.3 is 0 Å². The van der Waals surface area contributed by atoms with Gasteiger partial charge in [-0.05, 0) is 12.8 Å². The van der Waals surface area contributed by atoms with Crippen molar-refractivity contribution in [3.05, 3.63) is 47.6 Å². The number of hydrogen-bond acceptors (Lipinski definition) is 3. The van der Waals surface area contributed by atoms with Crippen molar-refractivity contribution >= 4 is 22.2 Å². The minimum atomic E-state index is 0.130. The van der Waals surface area contributed by atoms with Gasteiger partial charge in [-0.25, -0.2) is 4.98 Å². The van der Waals surface area contributed by atoms with E-state index in [9.17, 15) is 4.79 Å². The largest absolute Gasteiger partial charge is 0.353 e. The lowest BCUT2D eigenvalue weighted by molar-refractivity contribution is -0.121. The summed E-state index contributed by atoms with van der Waals surface area (Å²) in [6.07, 6.45) is 11.1. The molecule has 0 saturated heterocycles. The smallest absolute Gasteiger partial charge is 0.226 e. The lowest BCUT2D eigenvalue weighted by Crippen LogP contribution is -2.36. The number of aromatic nitrogens is 2. The zero-order chi connectivity index (χ0) is 17.8. The molecule has 1 fully saturated rings. The van der Waals surface area contributed by atoms with Gasteiger partial charge in [-0.15, -0.1) is 11.3 Å². The summed E-state index contributed by atoms with van der Waals surface area (Å²) in [5.74, 6) is 0.130. The molecule has 1 aliphatic carbocycles. The fourth-order valence-electron chi connectivity index (χ4n) is 3.75. The predicted octanol–water partition coefficient (Wildman–Crippen LogP) is 4.83. The number of hydrogen-bond donors (Lipinski definition) is 1. The summed E-state index contributed by atoms with van der Waals surface area (Å²) in [6.45, 7) is 0. The zero-order valence-corrected chi connectivity index (χ0v) is 15.8. The van der Waals surface area contributed by atoms with Gasteiger partial charge in [0.2, 0.25) is 5.91 Å². The van der Waals surface area contributed by atoms with Crippen LogP contribution in [0, 0.1) is 0 Å². The van der Waals surface area contributed by atoms with Crippen molar-refractivity contribution in [2.24, 2.45) is 0 Å². The van der Waals surface area contributed by atoms with E-state index >= 15 is 0 Å². The number of thiazole rings is 1. The van der Waals surface area contributed by atoms with E-state index in [-0.39, 0.29) is 5.91 Å². The molecule has 0 bridgehead atoms. The highest BCUT2D eigenvalue weighted by Crippen LogP contribution is 2.24. The number of rotatable bonds is 4. The summed E-state index contributed by atoms with van der Waals surface area (Å²) >= 11 is 1.60. The number of fused-ring (bicyclic) bond motifs is 1. The summed E-state index contributed by atoms with van der Waals surface area (Å²) in [6, 6.07) is 10.5. The second-order valence-corrected chi connectivity index (χ2v) is 7.99. The molecule has 2 aromatic heterocycles. The third kappa shape index (κ3) is 3.98. The highest BCUT2D eigenvalue weighted by atomic mass is 32.1. The van der Waals surface area contributed by atoms with Crippen LogP contribution in [-0.2, 0) is 11.2 Å². The first-order valence-electron chi connectivity index (χ1n) is 9.60. The van der Waals surface area contributed by atoms with Crippen molar-refractivity contribution in [3.8, 4) is 11.3 Å². The van der Waals surface area contributed by atoms with Crippen molar-refractivity contribution in [1.82, 2.24) is 14.7 Å². The minimum absolute atomic E-state index is 0.130. The third-order valence-corrected chi connectivity index (χ3v) is 6.05. The van der Waals surface area contributed by atoms with Gasteiger partial charge in [0, 0.05) is 28.9 Å². The number of nitrogens with one attached hydrogen (secondary N) is 1. The topological polar surface area (TPSA) is 46.4 Å². The Bertz CT molecular complexity index is 860. The average molecular weight is 368 g/mol. The van der Waals surface area contributed by atoms with E-state index in [1.165, 1.54) is 32.1 Å². The number of carbonyl (C=O) groups excluding carboxylic acids is 1. The minimum Gasteiger partial charge on any atom is -0.353 e. The molecule has 0 aliphatic heterocycles. The first-order chi connectivity index (χ1) is 12.8. The molecule has 0 spiro atoms. The van der Waals surface area contributed by atoms with Gasteiger partial charge in [-0.2, -0.15) is 0 Å². The van der Waals surface area contributed by atoms with Crippen LogP contribution in [0.2, 0.25) is 0 Å². The molecule has 2 heterocycles. The summed E-state index contributed by atoms with van der Waals surface area (Å²) in [5.41, 5.74) is 3.08. The molecule has 0 atom stereocenters. The van der Waals surface area contributed by atoms with Crippen LogP contribution in [0.1, 0.15) is 50.6 Å². The van der Waals surface area contributed by atoms with Crippen LogP contribution in [0.25, 0.3) is 16.2 Å².